The first-order chi connectivity index (χ1) is 11.2. The molecule has 2 aromatic carbocycles. The Balaban J connectivity index is 1.62. The summed E-state index contributed by atoms with van der Waals surface area (Å²) in [5.41, 5.74) is 5.03. The summed E-state index contributed by atoms with van der Waals surface area (Å²) in [5, 5.41) is 8.68. The van der Waals surface area contributed by atoms with Crippen LogP contribution in [-0.2, 0) is 12.3 Å². The minimum absolute atomic E-state index is 0.201. The fourth-order valence-electron chi connectivity index (χ4n) is 2.01. The highest BCUT2D eigenvalue weighted by molar-refractivity contribution is 9.10. The molecule has 0 fully saturated rings. The predicted octanol–water partition coefficient (Wildman–Crippen LogP) is 4.22. The summed E-state index contributed by atoms with van der Waals surface area (Å²) in [7, 11) is 0. The maximum Gasteiger partial charge on any atom is 0.210 e. The molecule has 118 valence electrons. The number of thioether (sulfide) groups is 1. The first kappa shape index (κ1) is 16.0. The normalized spacial score (nSPS) is 10.7. The summed E-state index contributed by atoms with van der Waals surface area (Å²) in [4.78, 5) is 0. The van der Waals surface area contributed by atoms with Crippen LogP contribution in [0.5, 0.6) is 0 Å². The van der Waals surface area contributed by atoms with E-state index in [2.05, 4.69) is 31.6 Å². The Bertz CT molecular complexity index is 793. The molecule has 0 aliphatic carbocycles. The lowest BCUT2D eigenvalue weighted by atomic mass is 10.2. The number of nitrogens with zero attached hydrogens (tertiary/aromatic N) is 3. The zero-order valence-corrected chi connectivity index (χ0v) is 14.5. The number of benzene rings is 2. The Hall–Kier alpha value is -1.86. The summed E-state index contributed by atoms with van der Waals surface area (Å²) in [6, 6.07) is 14.8. The Morgan fingerprint density at radius 3 is 2.87 bits per heavy atom. The van der Waals surface area contributed by atoms with E-state index >= 15 is 0 Å². The van der Waals surface area contributed by atoms with Gasteiger partial charge < -0.3 is 5.43 Å². The van der Waals surface area contributed by atoms with Crippen molar-refractivity contribution in [3.8, 4) is 0 Å². The van der Waals surface area contributed by atoms with Crippen LogP contribution in [0.2, 0.25) is 0 Å². The third-order valence-electron chi connectivity index (χ3n) is 3.17. The van der Waals surface area contributed by atoms with Crippen LogP contribution >= 0.6 is 27.7 Å². The average Bonchev–Trinajstić information content (AvgIpc) is 3.00. The van der Waals surface area contributed by atoms with E-state index in [1.165, 1.54) is 17.8 Å². The van der Waals surface area contributed by atoms with Gasteiger partial charge in [-0.15, -0.1) is 10.2 Å². The van der Waals surface area contributed by atoms with Crippen molar-refractivity contribution in [3.05, 3.63) is 76.3 Å². The standard InChI is InChI=1S/C16H14BrFN4S/c17-14-6-3-4-12(8-14)9-20-22-11-19-21-16(22)23-10-13-5-1-2-7-15(13)18/h1-8,11,20H,9-10H2. The van der Waals surface area contributed by atoms with Gasteiger partial charge in [-0.2, -0.15) is 0 Å². The zero-order valence-electron chi connectivity index (χ0n) is 12.1. The van der Waals surface area contributed by atoms with Crippen molar-refractivity contribution in [1.29, 1.82) is 0 Å². The van der Waals surface area contributed by atoms with Crippen LogP contribution in [0.3, 0.4) is 0 Å². The molecule has 0 aliphatic heterocycles. The van der Waals surface area contributed by atoms with Gasteiger partial charge in [-0.25, -0.2) is 9.07 Å². The van der Waals surface area contributed by atoms with Gasteiger partial charge >= 0.3 is 0 Å². The lowest BCUT2D eigenvalue weighted by Gasteiger charge is -2.10. The summed E-state index contributed by atoms with van der Waals surface area (Å²) in [6.45, 7) is 0.644. The van der Waals surface area contributed by atoms with Crippen LogP contribution < -0.4 is 5.43 Å². The van der Waals surface area contributed by atoms with E-state index in [0.717, 1.165) is 10.0 Å². The van der Waals surface area contributed by atoms with Crippen LogP contribution in [0.25, 0.3) is 0 Å². The molecule has 3 rings (SSSR count). The van der Waals surface area contributed by atoms with Crippen molar-refractivity contribution in [2.75, 3.05) is 5.43 Å². The van der Waals surface area contributed by atoms with Gasteiger partial charge in [0.05, 0.1) is 6.54 Å². The molecule has 1 aromatic heterocycles. The number of rotatable bonds is 6. The van der Waals surface area contributed by atoms with Crippen LogP contribution in [0.4, 0.5) is 4.39 Å². The second-order valence-corrected chi connectivity index (χ2v) is 6.69. The number of nitrogens with one attached hydrogen (secondary N) is 1. The third kappa shape index (κ3) is 4.33. The van der Waals surface area contributed by atoms with E-state index in [4.69, 9.17) is 0 Å². The van der Waals surface area contributed by atoms with E-state index in [9.17, 15) is 4.39 Å². The van der Waals surface area contributed by atoms with Gasteiger partial charge in [-0.1, -0.05) is 58.0 Å². The molecule has 0 amide bonds. The maximum absolute atomic E-state index is 13.6. The molecule has 1 heterocycles. The monoisotopic (exact) mass is 392 g/mol. The summed E-state index contributed by atoms with van der Waals surface area (Å²) in [6.07, 6.45) is 1.61. The molecule has 23 heavy (non-hydrogen) atoms. The molecule has 0 radical (unpaired) electrons. The smallest absolute Gasteiger partial charge is 0.210 e. The molecule has 0 spiro atoms. The van der Waals surface area contributed by atoms with Crippen molar-refractivity contribution in [3.63, 3.8) is 0 Å². The summed E-state index contributed by atoms with van der Waals surface area (Å²) >= 11 is 4.89. The van der Waals surface area contributed by atoms with Crippen molar-refractivity contribution in [1.82, 2.24) is 14.9 Å². The lowest BCUT2D eigenvalue weighted by molar-refractivity contribution is 0.617. The van der Waals surface area contributed by atoms with Gasteiger partial charge in [0.2, 0.25) is 5.16 Å². The molecule has 0 unspecified atom stereocenters. The minimum atomic E-state index is -0.201. The Morgan fingerprint density at radius 1 is 1.17 bits per heavy atom. The van der Waals surface area contributed by atoms with Crippen LogP contribution in [0.1, 0.15) is 11.1 Å². The number of aromatic nitrogens is 3. The number of hydrogen-bond donors (Lipinski definition) is 1. The largest absolute Gasteiger partial charge is 0.318 e. The van der Waals surface area contributed by atoms with Gasteiger partial charge in [0.15, 0.2) is 0 Å². The molecule has 0 saturated heterocycles. The van der Waals surface area contributed by atoms with E-state index in [0.29, 0.717) is 23.0 Å². The van der Waals surface area contributed by atoms with Crippen LogP contribution in [0.15, 0.2) is 64.5 Å². The highest BCUT2D eigenvalue weighted by Crippen LogP contribution is 2.21. The van der Waals surface area contributed by atoms with Gasteiger partial charge in [-0.05, 0) is 29.3 Å². The molecule has 1 N–H and O–H groups in total. The van der Waals surface area contributed by atoms with E-state index < -0.39 is 0 Å². The lowest BCUT2D eigenvalue weighted by Crippen LogP contribution is -2.14. The average molecular weight is 393 g/mol. The predicted molar refractivity (Wildman–Crippen MR) is 93.2 cm³/mol. The summed E-state index contributed by atoms with van der Waals surface area (Å²) < 4.78 is 16.4. The van der Waals surface area contributed by atoms with E-state index in [1.54, 1.807) is 23.1 Å². The molecule has 0 atom stereocenters. The highest BCUT2D eigenvalue weighted by Gasteiger charge is 2.07. The van der Waals surface area contributed by atoms with Crippen LogP contribution in [-0.4, -0.2) is 14.9 Å². The molecule has 0 aliphatic rings. The fraction of sp³-hybridized carbons (Fsp3) is 0.125. The van der Waals surface area contributed by atoms with E-state index in [1.807, 2.05) is 30.3 Å². The van der Waals surface area contributed by atoms with Crippen molar-refractivity contribution >= 4 is 27.7 Å². The molecule has 4 nitrogen and oxygen atoms in total. The van der Waals surface area contributed by atoms with Crippen LogP contribution in [0, 0.1) is 5.82 Å². The van der Waals surface area contributed by atoms with Crippen molar-refractivity contribution in [2.45, 2.75) is 17.5 Å². The topological polar surface area (TPSA) is 42.7 Å². The highest BCUT2D eigenvalue weighted by atomic mass is 79.9. The first-order valence-electron chi connectivity index (χ1n) is 6.97. The third-order valence-corrected chi connectivity index (χ3v) is 4.66. The SMILES string of the molecule is Fc1ccccc1CSc1nncn1NCc1cccc(Br)c1. The molecular weight excluding hydrogens is 379 g/mol. The number of halogens is 2. The first-order valence-corrected chi connectivity index (χ1v) is 8.75. The summed E-state index contributed by atoms with van der Waals surface area (Å²) in [5.74, 6) is 0.303. The maximum atomic E-state index is 13.6. The minimum Gasteiger partial charge on any atom is -0.318 e. The molecule has 3 aromatic rings. The second kappa shape index (κ2) is 7.61. The second-order valence-electron chi connectivity index (χ2n) is 4.83. The molecule has 0 bridgehead atoms. The van der Waals surface area contributed by atoms with Gasteiger partial charge in [0.1, 0.15) is 12.1 Å². The molecule has 0 saturated carbocycles. The fourth-order valence-corrected chi connectivity index (χ4v) is 3.33. The van der Waals surface area contributed by atoms with Crippen molar-refractivity contribution < 1.29 is 4.39 Å². The Labute approximate surface area is 146 Å². The Morgan fingerprint density at radius 2 is 2.04 bits per heavy atom. The quantitative estimate of drug-likeness (QED) is 0.637. The van der Waals surface area contributed by atoms with Gasteiger partial charge in [-0.3, -0.25) is 0 Å². The van der Waals surface area contributed by atoms with E-state index in [-0.39, 0.29) is 5.82 Å². The molecular formula is C16H14BrFN4S. The Kier molecular flexibility index (Phi) is 5.30. The molecule has 7 heteroatoms. The van der Waals surface area contributed by atoms with Gasteiger partial charge in [0.25, 0.3) is 0 Å². The van der Waals surface area contributed by atoms with Gasteiger partial charge in [0, 0.05) is 10.2 Å². The zero-order chi connectivity index (χ0) is 16.1. The number of hydrogen-bond acceptors (Lipinski definition) is 4. The van der Waals surface area contributed by atoms with Crippen molar-refractivity contribution in [2.24, 2.45) is 0 Å².